The van der Waals surface area contributed by atoms with E-state index in [0.29, 0.717) is 21.5 Å². The van der Waals surface area contributed by atoms with Gasteiger partial charge in [-0.15, -0.1) is 11.3 Å². The third-order valence-corrected chi connectivity index (χ3v) is 6.73. The summed E-state index contributed by atoms with van der Waals surface area (Å²) in [7, 11) is 0. The van der Waals surface area contributed by atoms with Gasteiger partial charge in [-0.05, 0) is 55.6 Å². The second-order valence-corrected chi connectivity index (χ2v) is 8.56. The van der Waals surface area contributed by atoms with Crippen molar-refractivity contribution in [2.24, 2.45) is 11.7 Å². The van der Waals surface area contributed by atoms with E-state index in [-0.39, 0.29) is 11.9 Å². The van der Waals surface area contributed by atoms with E-state index in [0.717, 1.165) is 42.9 Å². The molecule has 27 heavy (non-hydrogen) atoms. The summed E-state index contributed by atoms with van der Waals surface area (Å²) in [5.74, 6) is 0.366. The number of fused-ring (bicyclic) bond motifs is 3. The Morgan fingerprint density at radius 3 is 2.48 bits per heavy atom. The number of anilines is 1. The van der Waals surface area contributed by atoms with Gasteiger partial charge in [-0.25, -0.2) is 4.79 Å². The summed E-state index contributed by atoms with van der Waals surface area (Å²) in [5.41, 5.74) is 6.66. The van der Waals surface area contributed by atoms with Crippen LogP contribution in [-0.2, 0) is 0 Å². The number of halogens is 1. The molecule has 3 saturated heterocycles. The van der Waals surface area contributed by atoms with Crippen molar-refractivity contribution in [2.45, 2.75) is 18.9 Å². The van der Waals surface area contributed by atoms with Crippen LogP contribution in [0.25, 0.3) is 10.4 Å². The zero-order valence-electron chi connectivity index (χ0n) is 14.7. The van der Waals surface area contributed by atoms with Gasteiger partial charge in [-0.3, -0.25) is 4.79 Å². The standard InChI is InChI=1S/C19H21ClN4O2S/c20-13-3-1-12(2-4-13)16-9-14(23-19(21)26)17(27-16)18(25)22-15-10-24-7-5-11(15)6-8-24/h1-4,9,11,15H,5-8,10H2,(H,22,25)(H3,21,23,26). The molecule has 1 aromatic carbocycles. The molecule has 5 rings (SSSR count). The van der Waals surface area contributed by atoms with Crippen LogP contribution in [-0.4, -0.2) is 42.5 Å². The Morgan fingerprint density at radius 1 is 1.19 bits per heavy atom. The Morgan fingerprint density at radius 2 is 1.89 bits per heavy atom. The summed E-state index contributed by atoms with van der Waals surface area (Å²) < 4.78 is 0. The van der Waals surface area contributed by atoms with Gasteiger partial charge in [-0.2, -0.15) is 0 Å². The fourth-order valence-electron chi connectivity index (χ4n) is 3.90. The van der Waals surface area contributed by atoms with E-state index in [4.69, 9.17) is 17.3 Å². The Kier molecular flexibility index (Phi) is 5.08. The molecule has 4 N–H and O–H groups in total. The molecule has 1 unspecified atom stereocenters. The fourth-order valence-corrected chi connectivity index (χ4v) is 5.05. The smallest absolute Gasteiger partial charge is 0.316 e. The van der Waals surface area contributed by atoms with Crippen molar-refractivity contribution in [3.05, 3.63) is 40.2 Å². The minimum absolute atomic E-state index is 0.155. The van der Waals surface area contributed by atoms with Gasteiger partial charge in [0, 0.05) is 22.5 Å². The number of nitrogens with zero attached hydrogens (tertiary/aromatic N) is 1. The molecule has 0 aliphatic carbocycles. The van der Waals surface area contributed by atoms with Gasteiger partial charge in [0.25, 0.3) is 5.91 Å². The van der Waals surface area contributed by atoms with Crippen molar-refractivity contribution in [1.29, 1.82) is 0 Å². The van der Waals surface area contributed by atoms with E-state index in [1.165, 1.54) is 11.3 Å². The lowest BCUT2D eigenvalue weighted by Gasteiger charge is -2.44. The molecule has 142 valence electrons. The van der Waals surface area contributed by atoms with E-state index in [1.54, 1.807) is 18.2 Å². The normalized spacial score (nSPS) is 23.8. The lowest BCUT2D eigenvalue weighted by molar-refractivity contribution is 0.0623. The average Bonchev–Trinajstić information content (AvgIpc) is 3.06. The molecule has 8 heteroatoms. The van der Waals surface area contributed by atoms with E-state index in [2.05, 4.69) is 15.5 Å². The van der Waals surface area contributed by atoms with E-state index >= 15 is 0 Å². The number of nitrogens with one attached hydrogen (secondary N) is 2. The predicted molar refractivity (Wildman–Crippen MR) is 108 cm³/mol. The SMILES string of the molecule is NC(=O)Nc1cc(-c2ccc(Cl)cc2)sc1C(=O)NC1CN2CCC1CC2. The van der Waals surface area contributed by atoms with Gasteiger partial charge in [0.1, 0.15) is 4.88 Å². The number of primary amides is 1. The number of hydrogen-bond acceptors (Lipinski definition) is 4. The van der Waals surface area contributed by atoms with E-state index in [9.17, 15) is 9.59 Å². The maximum absolute atomic E-state index is 13.0. The van der Waals surface area contributed by atoms with Crippen LogP contribution in [0.2, 0.25) is 5.02 Å². The number of nitrogens with two attached hydrogens (primary N) is 1. The van der Waals surface area contributed by atoms with Gasteiger partial charge in [0.05, 0.1) is 5.69 Å². The van der Waals surface area contributed by atoms with Crippen LogP contribution < -0.4 is 16.4 Å². The molecule has 0 spiro atoms. The van der Waals surface area contributed by atoms with E-state index < -0.39 is 6.03 Å². The number of thiophene rings is 1. The average molecular weight is 405 g/mol. The molecular weight excluding hydrogens is 384 g/mol. The van der Waals surface area contributed by atoms with Gasteiger partial charge in [0.15, 0.2) is 0 Å². The Balaban J connectivity index is 1.58. The minimum Gasteiger partial charge on any atom is -0.351 e. The largest absolute Gasteiger partial charge is 0.351 e. The van der Waals surface area contributed by atoms with Crippen LogP contribution in [0.4, 0.5) is 10.5 Å². The van der Waals surface area contributed by atoms with Crippen molar-refractivity contribution in [3.8, 4) is 10.4 Å². The van der Waals surface area contributed by atoms with Crippen molar-refractivity contribution in [3.63, 3.8) is 0 Å². The van der Waals surface area contributed by atoms with Gasteiger partial charge in [0.2, 0.25) is 0 Å². The maximum Gasteiger partial charge on any atom is 0.316 e. The highest BCUT2D eigenvalue weighted by atomic mass is 35.5. The highest BCUT2D eigenvalue weighted by molar-refractivity contribution is 7.18. The second kappa shape index (κ2) is 7.50. The maximum atomic E-state index is 13.0. The van der Waals surface area contributed by atoms with Crippen LogP contribution in [0.5, 0.6) is 0 Å². The number of rotatable bonds is 4. The Hall–Kier alpha value is -2.09. The monoisotopic (exact) mass is 404 g/mol. The summed E-state index contributed by atoms with van der Waals surface area (Å²) in [6.07, 6.45) is 2.25. The number of hydrogen-bond donors (Lipinski definition) is 3. The lowest BCUT2D eigenvalue weighted by Crippen LogP contribution is -2.57. The molecule has 3 fully saturated rings. The molecule has 3 aliphatic rings. The molecule has 1 aromatic heterocycles. The number of urea groups is 1. The number of piperidine rings is 3. The van der Waals surface area contributed by atoms with Crippen LogP contribution in [0.15, 0.2) is 30.3 Å². The van der Waals surface area contributed by atoms with Gasteiger partial charge >= 0.3 is 6.03 Å². The predicted octanol–water partition coefficient (Wildman–Crippen LogP) is 3.38. The number of carbonyl (C=O) groups is 2. The topological polar surface area (TPSA) is 87.5 Å². The van der Waals surface area contributed by atoms with Crippen LogP contribution in [0, 0.1) is 5.92 Å². The van der Waals surface area contributed by atoms with Crippen molar-refractivity contribution < 1.29 is 9.59 Å². The third-order valence-electron chi connectivity index (χ3n) is 5.30. The minimum atomic E-state index is -0.688. The van der Waals surface area contributed by atoms with Crippen LogP contribution >= 0.6 is 22.9 Å². The molecule has 3 aliphatic heterocycles. The third kappa shape index (κ3) is 3.95. The molecule has 2 bridgehead atoms. The molecule has 4 heterocycles. The Bertz CT molecular complexity index is 859. The first-order valence-electron chi connectivity index (χ1n) is 8.99. The summed E-state index contributed by atoms with van der Waals surface area (Å²) in [4.78, 5) is 28.1. The number of amides is 3. The molecule has 0 radical (unpaired) electrons. The van der Waals surface area contributed by atoms with Crippen molar-refractivity contribution in [2.75, 3.05) is 25.0 Å². The molecule has 2 aromatic rings. The highest BCUT2D eigenvalue weighted by Gasteiger charge is 2.35. The molecule has 1 atom stereocenters. The number of carbonyl (C=O) groups excluding carboxylic acids is 2. The summed E-state index contributed by atoms with van der Waals surface area (Å²) >= 11 is 7.29. The summed E-state index contributed by atoms with van der Waals surface area (Å²) in [6, 6.07) is 8.61. The second-order valence-electron chi connectivity index (χ2n) is 7.07. The first-order chi connectivity index (χ1) is 13.0. The molecular formula is C19H21ClN4O2S. The molecule has 6 nitrogen and oxygen atoms in total. The van der Waals surface area contributed by atoms with Gasteiger partial charge in [-0.1, -0.05) is 23.7 Å². The molecule has 0 saturated carbocycles. The van der Waals surface area contributed by atoms with Crippen molar-refractivity contribution in [1.82, 2.24) is 10.2 Å². The highest BCUT2D eigenvalue weighted by Crippen LogP contribution is 2.36. The zero-order chi connectivity index (χ0) is 19.0. The summed E-state index contributed by atoms with van der Waals surface area (Å²) in [6.45, 7) is 3.13. The molecule has 3 amide bonds. The zero-order valence-corrected chi connectivity index (χ0v) is 16.3. The first kappa shape index (κ1) is 18.3. The van der Waals surface area contributed by atoms with E-state index in [1.807, 2.05) is 12.1 Å². The summed E-state index contributed by atoms with van der Waals surface area (Å²) in [5, 5.41) is 6.39. The quantitative estimate of drug-likeness (QED) is 0.729. The Labute approximate surface area is 166 Å². The fraction of sp³-hybridized carbons (Fsp3) is 0.368. The van der Waals surface area contributed by atoms with Crippen molar-refractivity contribution >= 4 is 40.6 Å². The van der Waals surface area contributed by atoms with Crippen LogP contribution in [0.3, 0.4) is 0 Å². The number of benzene rings is 1. The van der Waals surface area contributed by atoms with Crippen LogP contribution in [0.1, 0.15) is 22.5 Å². The van der Waals surface area contributed by atoms with Gasteiger partial charge < -0.3 is 21.3 Å². The lowest BCUT2D eigenvalue weighted by atomic mass is 9.84. The first-order valence-corrected chi connectivity index (χ1v) is 10.2.